The molecule has 0 bridgehead atoms. The summed E-state index contributed by atoms with van der Waals surface area (Å²) in [5.74, 6) is 0.652. The quantitative estimate of drug-likeness (QED) is 0.767. The van der Waals surface area contributed by atoms with E-state index in [1.807, 2.05) is 6.07 Å². The maximum atomic E-state index is 11.6. The lowest BCUT2D eigenvalue weighted by Crippen LogP contribution is -2.47. The summed E-state index contributed by atoms with van der Waals surface area (Å²) in [6.07, 6.45) is 5.72. The number of benzene rings is 1. The molecule has 2 aliphatic rings. The number of nitrogens with zero attached hydrogens (tertiary/aromatic N) is 4. The van der Waals surface area contributed by atoms with Crippen molar-refractivity contribution in [3.63, 3.8) is 0 Å². The zero-order valence-electron chi connectivity index (χ0n) is 17.9. The molecule has 2 fully saturated rings. The van der Waals surface area contributed by atoms with E-state index in [-0.39, 0.29) is 18.4 Å². The third kappa shape index (κ3) is 6.37. The Kier molecular flexibility index (Phi) is 7.76. The van der Waals surface area contributed by atoms with Gasteiger partial charge in [0.2, 0.25) is 5.91 Å². The molecule has 3 rings (SSSR count). The van der Waals surface area contributed by atoms with Crippen LogP contribution in [0.4, 0.5) is 11.4 Å². The number of hydrogen-bond acceptors (Lipinski definition) is 5. The highest BCUT2D eigenvalue weighted by Crippen LogP contribution is 2.28. The highest BCUT2D eigenvalue weighted by Gasteiger charge is 2.24. The van der Waals surface area contributed by atoms with Crippen molar-refractivity contribution in [3.05, 3.63) is 24.3 Å². The standard InChI is InChI=1S/C23H35N5O/c1-26(2)21-4-3-5-22(18-21)28-16-14-27(15-17-28)13-11-19-6-8-20(9-7-19)25-23(29)10-12-24/h3-5,18-20H,6-11,13-17H2,1-2H3,(H,25,29). The lowest BCUT2D eigenvalue weighted by Gasteiger charge is -2.37. The second-order valence-electron chi connectivity index (χ2n) is 8.65. The summed E-state index contributed by atoms with van der Waals surface area (Å²) in [5, 5.41) is 11.6. The van der Waals surface area contributed by atoms with Crippen molar-refractivity contribution in [2.45, 2.75) is 44.6 Å². The molecule has 158 valence electrons. The van der Waals surface area contributed by atoms with Crippen LogP contribution in [0.5, 0.6) is 0 Å². The highest BCUT2D eigenvalue weighted by molar-refractivity contribution is 5.78. The molecule has 1 aliphatic carbocycles. The van der Waals surface area contributed by atoms with Gasteiger partial charge in [-0.2, -0.15) is 5.26 Å². The molecule has 1 saturated carbocycles. The lowest BCUT2D eigenvalue weighted by atomic mass is 9.84. The van der Waals surface area contributed by atoms with Gasteiger partial charge in [0.25, 0.3) is 0 Å². The number of piperazine rings is 1. The minimum Gasteiger partial charge on any atom is -0.378 e. The predicted molar refractivity (Wildman–Crippen MR) is 118 cm³/mol. The van der Waals surface area contributed by atoms with E-state index in [0.29, 0.717) is 0 Å². The molecule has 0 atom stereocenters. The van der Waals surface area contributed by atoms with Crippen LogP contribution in [-0.4, -0.2) is 63.7 Å². The monoisotopic (exact) mass is 397 g/mol. The molecule has 29 heavy (non-hydrogen) atoms. The van der Waals surface area contributed by atoms with Crippen molar-refractivity contribution >= 4 is 17.3 Å². The third-order valence-corrected chi connectivity index (χ3v) is 6.39. The maximum absolute atomic E-state index is 11.6. The van der Waals surface area contributed by atoms with Crippen molar-refractivity contribution < 1.29 is 4.79 Å². The number of hydrogen-bond donors (Lipinski definition) is 1. The Labute approximate surface area is 175 Å². The Morgan fingerprint density at radius 2 is 1.90 bits per heavy atom. The van der Waals surface area contributed by atoms with Gasteiger partial charge in [0.1, 0.15) is 6.42 Å². The van der Waals surface area contributed by atoms with E-state index in [4.69, 9.17) is 5.26 Å². The Morgan fingerprint density at radius 3 is 2.55 bits per heavy atom. The van der Waals surface area contributed by atoms with Crippen LogP contribution in [0.15, 0.2) is 24.3 Å². The van der Waals surface area contributed by atoms with E-state index >= 15 is 0 Å². The third-order valence-electron chi connectivity index (χ3n) is 6.39. The first-order valence-electron chi connectivity index (χ1n) is 11.0. The van der Waals surface area contributed by atoms with Crippen molar-refractivity contribution in [2.75, 3.05) is 56.6 Å². The first kappa shape index (κ1) is 21.4. The van der Waals surface area contributed by atoms with Gasteiger partial charge in [0.05, 0.1) is 6.07 Å². The van der Waals surface area contributed by atoms with Crippen LogP contribution >= 0.6 is 0 Å². The van der Waals surface area contributed by atoms with Gasteiger partial charge in [0, 0.05) is 57.7 Å². The van der Waals surface area contributed by atoms with E-state index in [1.54, 1.807) is 0 Å². The van der Waals surface area contributed by atoms with Crippen molar-refractivity contribution in [1.29, 1.82) is 5.26 Å². The summed E-state index contributed by atoms with van der Waals surface area (Å²) in [5.41, 5.74) is 2.58. The molecule has 1 aromatic carbocycles. The average Bonchev–Trinajstić information content (AvgIpc) is 2.74. The van der Waals surface area contributed by atoms with E-state index < -0.39 is 0 Å². The van der Waals surface area contributed by atoms with Crippen LogP contribution in [0.2, 0.25) is 0 Å². The number of amides is 1. The van der Waals surface area contributed by atoms with Gasteiger partial charge in [-0.3, -0.25) is 9.69 Å². The Hall–Kier alpha value is -2.26. The fourth-order valence-corrected chi connectivity index (χ4v) is 4.51. The van der Waals surface area contributed by atoms with Crippen molar-refractivity contribution in [3.8, 4) is 6.07 Å². The van der Waals surface area contributed by atoms with Crippen molar-refractivity contribution in [1.82, 2.24) is 10.2 Å². The Bertz CT molecular complexity index is 697. The summed E-state index contributed by atoms with van der Waals surface area (Å²) < 4.78 is 0. The number of rotatable bonds is 7. The van der Waals surface area contributed by atoms with E-state index in [0.717, 1.165) is 44.9 Å². The predicted octanol–water partition coefficient (Wildman–Crippen LogP) is 2.85. The first-order valence-corrected chi connectivity index (χ1v) is 11.0. The molecule has 6 nitrogen and oxygen atoms in total. The molecule has 0 aromatic heterocycles. The summed E-state index contributed by atoms with van der Waals surface area (Å²) in [6, 6.07) is 11.0. The number of nitrogens with one attached hydrogen (secondary N) is 1. The SMILES string of the molecule is CN(C)c1cccc(N2CCN(CCC3CCC(NC(=O)CC#N)CC3)CC2)c1. The van der Waals surface area contributed by atoms with Gasteiger partial charge in [-0.25, -0.2) is 0 Å². The molecule has 1 aromatic rings. The highest BCUT2D eigenvalue weighted by atomic mass is 16.1. The Balaban J connectivity index is 1.35. The smallest absolute Gasteiger partial charge is 0.234 e. The summed E-state index contributed by atoms with van der Waals surface area (Å²) in [4.78, 5) is 18.8. The maximum Gasteiger partial charge on any atom is 0.234 e. The molecule has 1 N–H and O–H groups in total. The molecule has 1 saturated heterocycles. The summed E-state index contributed by atoms with van der Waals surface area (Å²) in [7, 11) is 4.18. The van der Waals surface area contributed by atoms with Crippen LogP contribution in [0.1, 0.15) is 38.5 Å². The van der Waals surface area contributed by atoms with Gasteiger partial charge in [-0.1, -0.05) is 6.07 Å². The van der Waals surface area contributed by atoms with E-state index in [2.05, 4.69) is 58.4 Å². The molecule has 1 heterocycles. The summed E-state index contributed by atoms with van der Waals surface area (Å²) >= 11 is 0. The van der Waals surface area contributed by atoms with E-state index in [9.17, 15) is 4.79 Å². The van der Waals surface area contributed by atoms with Gasteiger partial charge in [-0.05, 0) is 62.8 Å². The van der Waals surface area contributed by atoms with Gasteiger partial charge < -0.3 is 15.1 Å². The van der Waals surface area contributed by atoms with Crippen LogP contribution in [0.25, 0.3) is 0 Å². The fraction of sp³-hybridized carbons (Fsp3) is 0.652. The van der Waals surface area contributed by atoms with Crippen LogP contribution in [-0.2, 0) is 4.79 Å². The molecule has 0 unspecified atom stereocenters. The van der Waals surface area contributed by atoms with Crippen LogP contribution in [0, 0.1) is 17.2 Å². The molecular formula is C23H35N5O. The van der Waals surface area contributed by atoms with E-state index in [1.165, 1.54) is 37.2 Å². The summed E-state index contributed by atoms with van der Waals surface area (Å²) in [6.45, 7) is 5.63. The topological polar surface area (TPSA) is 62.6 Å². The van der Waals surface area contributed by atoms with Crippen LogP contribution in [0.3, 0.4) is 0 Å². The average molecular weight is 398 g/mol. The second kappa shape index (κ2) is 10.5. The molecule has 1 amide bonds. The van der Waals surface area contributed by atoms with Gasteiger partial charge in [0.15, 0.2) is 0 Å². The molecule has 1 aliphatic heterocycles. The Morgan fingerprint density at radius 1 is 1.17 bits per heavy atom. The zero-order valence-corrected chi connectivity index (χ0v) is 17.9. The largest absolute Gasteiger partial charge is 0.378 e. The minimum atomic E-state index is -0.120. The number of nitriles is 1. The fourth-order valence-electron chi connectivity index (χ4n) is 4.51. The van der Waals surface area contributed by atoms with Crippen LogP contribution < -0.4 is 15.1 Å². The number of carbonyl (C=O) groups is 1. The number of anilines is 2. The van der Waals surface area contributed by atoms with Gasteiger partial charge >= 0.3 is 0 Å². The molecule has 6 heteroatoms. The van der Waals surface area contributed by atoms with Crippen molar-refractivity contribution in [2.24, 2.45) is 5.92 Å². The molecule has 0 radical (unpaired) electrons. The van der Waals surface area contributed by atoms with Gasteiger partial charge in [-0.15, -0.1) is 0 Å². The lowest BCUT2D eigenvalue weighted by molar-refractivity contribution is -0.121. The number of carbonyl (C=O) groups excluding carboxylic acids is 1. The first-order chi connectivity index (χ1) is 14.0. The second-order valence-corrected chi connectivity index (χ2v) is 8.65. The molecule has 0 spiro atoms. The normalized spacial score (nSPS) is 22.7. The zero-order chi connectivity index (χ0) is 20.6. The minimum absolute atomic E-state index is 0.0225. The molecular weight excluding hydrogens is 362 g/mol.